The molecule has 0 bridgehead atoms. The van der Waals surface area contributed by atoms with Gasteiger partial charge in [0, 0.05) is 38.5 Å². The molecule has 1 saturated carbocycles. The van der Waals surface area contributed by atoms with Crippen molar-refractivity contribution < 1.29 is 32.3 Å². The summed E-state index contributed by atoms with van der Waals surface area (Å²) in [6.45, 7) is 2.44. The topological polar surface area (TPSA) is 168 Å². The van der Waals surface area contributed by atoms with E-state index >= 15 is 0 Å². The molecule has 41 heavy (non-hydrogen) atoms. The number of hydrogen-bond donors (Lipinski definition) is 4. The van der Waals surface area contributed by atoms with Gasteiger partial charge in [-0.05, 0) is 56.6 Å². The van der Waals surface area contributed by atoms with E-state index in [1.165, 1.54) is 0 Å². The van der Waals surface area contributed by atoms with Crippen LogP contribution in [0.5, 0.6) is 0 Å². The van der Waals surface area contributed by atoms with Crippen LogP contribution < -0.4 is 15.4 Å². The molecule has 12 heteroatoms. The van der Waals surface area contributed by atoms with E-state index in [0.29, 0.717) is 48.2 Å². The molecule has 1 aliphatic rings. The number of aliphatic carboxylic acids is 1. The third-order valence-corrected chi connectivity index (χ3v) is 8.25. The minimum Gasteiger partial charge on any atom is -0.481 e. The number of fused-ring (bicyclic) bond motifs is 1. The van der Waals surface area contributed by atoms with Gasteiger partial charge in [-0.2, -0.15) is 0 Å². The lowest BCUT2D eigenvalue weighted by atomic mass is 10.0. The second-order valence-electron chi connectivity index (χ2n) is 10.4. The number of aryl methyl sites for hydroxylation is 1. The molecule has 1 aliphatic carbocycles. The van der Waals surface area contributed by atoms with E-state index in [1.807, 2.05) is 37.3 Å². The number of rotatable bonds is 15. The Kier molecular flexibility index (Phi) is 9.77. The minimum absolute atomic E-state index is 0.00458. The molecular formula is C29H36N4O7S. The molecule has 0 radical (unpaired) electrons. The average molecular weight is 585 g/mol. The van der Waals surface area contributed by atoms with E-state index in [0.717, 1.165) is 29.5 Å². The van der Waals surface area contributed by atoms with Gasteiger partial charge in [-0.3, -0.25) is 14.4 Å². The maximum absolute atomic E-state index is 13.0. The van der Waals surface area contributed by atoms with E-state index in [-0.39, 0.29) is 48.6 Å². The lowest BCUT2D eigenvalue weighted by Gasteiger charge is -2.10. The zero-order valence-corrected chi connectivity index (χ0v) is 24.1. The van der Waals surface area contributed by atoms with Crippen molar-refractivity contribution in [2.24, 2.45) is 0 Å². The molecule has 0 atom stereocenters. The van der Waals surface area contributed by atoms with Crippen LogP contribution in [0.15, 0.2) is 34.7 Å². The Morgan fingerprint density at radius 2 is 1.78 bits per heavy atom. The Balaban J connectivity index is 1.44. The first-order valence-corrected chi connectivity index (χ1v) is 15.4. The molecule has 2 aromatic heterocycles. The number of aromatic nitrogens is 1. The summed E-state index contributed by atoms with van der Waals surface area (Å²) in [6.07, 6.45) is 3.39. The highest BCUT2D eigenvalue weighted by Gasteiger charge is 2.31. The number of carbonyl (C=O) groups is 3. The van der Waals surface area contributed by atoms with Crippen molar-refractivity contribution in [1.82, 2.24) is 20.3 Å². The van der Waals surface area contributed by atoms with Crippen LogP contribution in [0.25, 0.3) is 22.4 Å². The third kappa shape index (κ3) is 8.14. The van der Waals surface area contributed by atoms with Crippen LogP contribution in [0.4, 0.5) is 0 Å². The van der Waals surface area contributed by atoms with Crippen LogP contribution in [-0.2, 0) is 25.4 Å². The summed E-state index contributed by atoms with van der Waals surface area (Å²) in [6, 6.07) is 9.46. The van der Waals surface area contributed by atoms with Crippen molar-refractivity contribution in [1.29, 1.82) is 0 Å². The number of sulfonamides is 1. The largest absolute Gasteiger partial charge is 0.481 e. The van der Waals surface area contributed by atoms with Crippen LogP contribution in [0.1, 0.15) is 78.0 Å². The number of nitrogens with zero attached hydrogens (tertiary/aromatic N) is 1. The van der Waals surface area contributed by atoms with Gasteiger partial charge in [-0.15, -0.1) is 0 Å². The molecule has 220 valence electrons. The number of carboxylic acid groups (broad SMARTS) is 1. The molecule has 0 aliphatic heterocycles. The lowest BCUT2D eigenvalue weighted by molar-refractivity contribution is -0.137. The first-order chi connectivity index (χ1) is 19.6. The Morgan fingerprint density at radius 3 is 2.44 bits per heavy atom. The molecular weight excluding hydrogens is 548 g/mol. The van der Waals surface area contributed by atoms with Gasteiger partial charge in [0.05, 0.1) is 16.6 Å². The standard InChI is InChI=1S/C29H36N4O7S/c1-18-8-10-20(11-9-18)27-26(28(37)30-2)22-16-21(19-12-13-19)23(33-29(22)40-27)17-41(38,39)32-15-4-3-6-24(34)31-14-5-7-25(35)36/h8-11,16,19,32H,3-7,12-15,17H2,1-2H3,(H,30,37)(H,31,34)(H,35,36). The molecule has 2 amide bonds. The van der Waals surface area contributed by atoms with Crippen LogP contribution in [0.3, 0.4) is 0 Å². The maximum atomic E-state index is 13.0. The molecule has 1 fully saturated rings. The first-order valence-electron chi connectivity index (χ1n) is 13.8. The number of unbranched alkanes of at least 4 members (excludes halogenated alkanes) is 1. The fourth-order valence-electron chi connectivity index (χ4n) is 4.62. The predicted octanol–water partition coefficient (Wildman–Crippen LogP) is 3.61. The van der Waals surface area contributed by atoms with Gasteiger partial charge in [0.25, 0.3) is 5.91 Å². The average Bonchev–Trinajstić information content (AvgIpc) is 3.70. The van der Waals surface area contributed by atoms with E-state index in [4.69, 9.17) is 9.52 Å². The number of pyridine rings is 1. The summed E-state index contributed by atoms with van der Waals surface area (Å²) in [5, 5.41) is 14.5. The van der Waals surface area contributed by atoms with E-state index in [1.54, 1.807) is 7.05 Å². The molecule has 1 aromatic carbocycles. The zero-order chi connectivity index (χ0) is 29.6. The summed E-state index contributed by atoms with van der Waals surface area (Å²) in [5.41, 5.74) is 3.59. The summed E-state index contributed by atoms with van der Waals surface area (Å²) < 4.78 is 34.6. The first kappa shape index (κ1) is 30.2. The van der Waals surface area contributed by atoms with Crippen LogP contribution in [0.2, 0.25) is 0 Å². The number of nitrogens with one attached hydrogen (secondary N) is 3. The van der Waals surface area contributed by atoms with Gasteiger partial charge < -0.3 is 20.2 Å². The van der Waals surface area contributed by atoms with Crippen molar-refractivity contribution in [2.45, 2.75) is 63.5 Å². The fourth-order valence-corrected chi connectivity index (χ4v) is 5.77. The molecule has 0 saturated heterocycles. The monoisotopic (exact) mass is 584 g/mol. The molecule has 11 nitrogen and oxygen atoms in total. The van der Waals surface area contributed by atoms with E-state index in [9.17, 15) is 22.8 Å². The highest BCUT2D eigenvalue weighted by Crippen LogP contribution is 2.44. The molecule has 4 N–H and O–H groups in total. The molecule has 3 aromatic rings. The summed E-state index contributed by atoms with van der Waals surface area (Å²) in [4.78, 5) is 39.9. The van der Waals surface area contributed by atoms with Gasteiger partial charge in [-0.25, -0.2) is 18.1 Å². The van der Waals surface area contributed by atoms with Crippen molar-refractivity contribution >= 4 is 38.9 Å². The van der Waals surface area contributed by atoms with Crippen molar-refractivity contribution in [2.75, 3.05) is 20.1 Å². The number of amides is 2. The Morgan fingerprint density at radius 1 is 1.05 bits per heavy atom. The Bertz CT molecular complexity index is 1530. The summed E-state index contributed by atoms with van der Waals surface area (Å²) in [7, 11) is -2.18. The van der Waals surface area contributed by atoms with Crippen molar-refractivity contribution in [3.63, 3.8) is 0 Å². The number of furan rings is 1. The summed E-state index contributed by atoms with van der Waals surface area (Å²) >= 11 is 0. The normalized spacial score (nSPS) is 13.3. The number of benzene rings is 1. The van der Waals surface area contributed by atoms with Gasteiger partial charge in [0.15, 0.2) is 0 Å². The van der Waals surface area contributed by atoms with Gasteiger partial charge in [0.2, 0.25) is 21.6 Å². The van der Waals surface area contributed by atoms with Crippen molar-refractivity contribution in [3.05, 3.63) is 52.7 Å². The Labute approximate surface area is 239 Å². The smallest absolute Gasteiger partial charge is 0.303 e. The van der Waals surface area contributed by atoms with Crippen molar-refractivity contribution in [3.8, 4) is 11.3 Å². The maximum Gasteiger partial charge on any atom is 0.303 e. The zero-order valence-electron chi connectivity index (χ0n) is 23.3. The fraction of sp³-hybridized carbons (Fsp3) is 0.448. The molecule has 0 spiro atoms. The predicted molar refractivity (Wildman–Crippen MR) is 154 cm³/mol. The Hall–Kier alpha value is -3.77. The SMILES string of the molecule is CNC(=O)c1c(-c2ccc(C)cc2)oc2nc(CS(=O)(=O)NCCCCC(=O)NCCCC(=O)O)c(C3CC3)cc12. The van der Waals surface area contributed by atoms with Crippen LogP contribution >= 0.6 is 0 Å². The second-order valence-corrected chi connectivity index (χ2v) is 12.2. The van der Waals surface area contributed by atoms with E-state index in [2.05, 4.69) is 20.3 Å². The lowest BCUT2D eigenvalue weighted by Crippen LogP contribution is -2.28. The highest BCUT2D eigenvalue weighted by atomic mass is 32.2. The molecule has 4 rings (SSSR count). The highest BCUT2D eigenvalue weighted by molar-refractivity contribution is 7.88. The quantitative estimate of drug-likeness (QED) is 0.197. The van der Waals surface area contributed by atoms with E-state index < -0.39 is 16.0 Å². The minimum atomic E-state index is -3.73. The second kappa shape index (κ2) is 13.3. The van der Waals surface area contributed by atoms with Gasteiger partial charge >= 0.3 is 5.97 Å². The number of carboxylic acids is 1. The molecule has 2 heterocycles. The van der Waals surface area contributed by atoms with Gasteiger partial charge in [-0.1, -0.05) is 29.8 Å². The summed E-state index contributed by atoms with van der Waals surface area (Å²) in [5.74, 6) is -1.16. The van der Waals surface area contributed by atoms with Gasteiger partial charge in [0.1, 0.15) is 11.5 Å². The third-order valence-electron chi connectivity index (χ3n) is 6.95. The van der Waals surface area contributed by atoms with Crippen LogP contribution in [-0.4, -0.2) is 56.4 Å². The number of hydrogen-bond acceptors (Lipinski definition) is 7. The number of carbonyl (C=O) groups excluding carboxylic acids is 2. The van der Waals surface area contributed by atoms with Crippen LogP contribution in [0, 0.1) is 6.92 Å². The molecule has 0 unspecified atom stereocenters.